The predicted molar refractivity (Wildman–Crippen MR) is 81.2 cm³/mol. The van der Waals surface area contributed by atoms with Gasteiger partial charge in [0.05, 0.1) is 24.9 Å². The molecule has 2 aliphatic carbocycles. The van der Waals surface area contributed by atoms with Gasteiger partial charge in [-0.15, -0.1) is 0 Å². The maximum atomic E-state index is 11.0. The van der Waals surface area contributed by atoms with Gasteiger partial charge < -0.3 is 14.2 Å². The lowest BCUT2D eigenvalue weighted by Crippen LogP contribution is -2.31. The Labute approximate surface area is 128 Å². The minimum atomic E-state index is -0.150. The zero-order valence-electron chi connectivity index (χ0n) is 13.4. The van der Waals surface area contributed by atoms with Crippen LogP contribution in [-0.2, 0) is 19.0 Å². The zero-order chi connectivity index (χ0) is 14.9. The monoisotopic (exact) mass is 298 g/mol. The molecular formula is C17H30O4. The molecule has 0 N–H and O–H groups in total. The van der Waals surface area contributed by atoms with Crippen LogP contribution in [0.15, 0.2) is 0 Å². The van der Waals surface area contributed by atoms with Gasteiger partial charge in [0.1, 0.15) is 6.61 Å². The van der Waals surface area contributed by atoms with E-state index in [1.165, 1.54) is 32.1 Å². The summed E-state index contributed by atoms with van der Waals surface area (Å²) in [7, 11) is 0. The van der Waals surface area contributed by atoms with E-state index in [0.29, 0.717) is 37.9 Å². The highest BCUT2D eigenvalue weighted by Crippen LogP contribution is 2.28. The fourth-order valence-electron chi connectivity index (χ4n) is 3.28. The first-order valence-electron chi connectivity index (χ1n) is 8.70. The highest BCUT2D eigenvalue weighted by Gasteiger charge is 2.25. The molecule has 2 saturated carbocycles. The Hall–Kier alpha value is -0.610. The van der Waals surface area contributed by atoms with Gasteiger partial charge in [-0.25, -0.2) is 0 Å². The molecule has 0 heterocycles. The van der Waals surface area contributed by atoms with Crippen molar-refractivity contribution in [1.29, 1.82) is 0 Å². The second-order valence-corrected chi connectivity index (χ2v) is 6.24. The fraction of sp³-hybridized carbons (Fsp3) is 0.941. The Morgan fingerprint density at radius 1 is 0.857 bits per heavy atom. The van der Waals surface area contributed by atoms with Gasteiger partial charge in [-0.2, -0.15) is 0 Å². The van der Waals surface area contributed by atoms with Crippen molar-refractivity contribution < 1.29 is 19.0 Å². The van der Waals surface area contributed by atoms with Crippen LogP contribution in [-0.4, -0.2) is 37.5 Å². The molecule has 0 unspecified atom stereocenters. The first-order valence-corrected chi connectivity index (χ1v) is 8.70. The van der Waals surface area contributed by atoms with Crippen LogP contribution in [0.3, 0.4) is 0 Å². The number of hydrogen-bond acceptors (Lipinski definition) is 4. The Morgan fingerprint density at radius 3 is 2.14 bits per heavy atom. The molecule has 21 heavy (non-hydrogen) atoms. The van der Waals surface area contributed by atoms with E-state index in [4.69, 9.17) is 14.2 Å². The van der Waals surface area contributed by atoms with Crippen molar-refractivity contribution in [2.24, 2.45) is 0 Å². The summed E-state index contributed by atoms with van der Waals surface area (Å²) < 4.78 is 17.0. The van der Waals surface area contributed by atoms with E-state index < -0.39 is 0 Å². The standard InChI is InChI=1S/C17H30O4/c1-2-17(18)20-13-12-19-14-8-10-16(11-9-14)21-15-6-4-3-5-7-15/h14-16H,2-13H2,1H3. The van der Waals surface area contributed by atoms with Crippen molar-refractivity contribution in [3.8, 4) is 0 Å². The summed E-state index contributed by atoms with van der Waals surface area (Å²) in [5, 5.41) is 0. The summed E-state index contributed by atoms with van der Waals surface area (Å²) >= 11 is 0. The van der Waals surface area contributed by atoms with Gasteiger partial charge in [-0.1, -0.05) is 26.2 Å². The van der Waals surface area contributed by atoms with Gasteiger partial charge in [-0.3, -0.25) is 4.79 Å². The summed E-state index contributed by atoms with van der Waals surface area (Å²) in [5.41, 5.74) is 0. The van der Waals surface area contributed by atoms with Gasteiger partial charge in [0, 0.05) is 6.42 Å². The van der Waals surface area contributed by atoms with Crippen molar-refractivity contribution >= 4 is 5.97 Å². The van der Waals surface area contributed by atoms with E-state index in [1.54, 1.807) is 6.92 Å². The van der Waals surface area contributed by atoms with Gasteiger partial charge >= 0.3 is 5.97 Å². The second kappa shape index (κ2) is 9.42. The summed E-state index contributed by atoms with van der Waals surface area (Å²) in [6.45, 7) is 2.70. The molecule has 2 fully saturated rings. The van der Waals surface area contributed by atoms with Crippen LogP contribution in [0.25, 0.3) is 0 Å². The maximum Gasteiger partial charge on any atom is 0.305 e. The lowest BCUT2D eigenvalue weighted by molar-refractivity contribution is -0.146. The van der Waals surface area contributed by atoms with Crippen LogP contribution < -0.4 is 0 Å². The molecule has 4 heteroatoms. The SMILES string of the molecule is CCC(=O)OCCOC1CCC(OC2CCCCC2)CC1. The highest BCUT2D eigenvalue weighted by atomic mass is 16.6. The third-order valence-corrected chi connectivity index (χ3v) is 4.55. The molecule has 0 bridgehead atoms. The Bertz CT molecular complexity index is 291. The zero-order valence-corrected chi connectivity index (χ0v) is 13.4. The van der Waals surface area contributed by atoms with Crippen molar-refractivity contribution in [2.75, 3.05) is 13.2 Å². The number of hydrogen-bond donors (Lipinski definition) is 0. The molecule has 2 rings (SSSR count). The molecule has 2 aliphatic rings. The van der Waals surface area contributed by atoms with Crippen molar-refractivity contribution in [3.05, 3.63) is 0 Å². The van der Waals surface area contributed by atoms with Gasteiger partial charge in [0.25, 0.3) is 0 Å². The van der Waals surface area contributed by atoms with Crippen LogP contribution in [0.2, 0.25) is 0 Å². The van der Waals surface area contributed by atoms with Gasteiger partial charge in [-0.05, 0) is 38.5 Å². The van der Waals surface area contributed by atoms with Crippen molar-refractivity contribution in [3.63, 3.8) is 0 Å². The summed E-state index contributed by atoms with van der Waals surface area (Å²) in [6.07, 6.45) is 12.6. The number of rotatable bonds is 7. The molecule has 0 atom stereocenters. The quantitative estimate of drug-likeness (QED) is 0.532. The smallest absolute Gasteiger partial charge is 0.305 e. The first kappa shape index (κ1) is 16.8. The predicted octanol–water partition coefficient (Wildman–Crippen LogP) is 3.62. The number of esters is 1. The van der Waals surface area contributed by atoms with E-state index in [-0.39, 0.29) is 5.97 Å². The van der Waals surface area contributed by atoms with E-state index in [2.05, 4.69) is 0 Å². The topological polar surface area (TPSA) is 44.8 Å². The summed E-state index contributed by atoms with van der Waals surface area (Å²) in [5.74, 6) is -0.150. The van der Waals surface area contributed by atoms with E-state index in [1.807, 2.05) is 0 Å². The van der Waals surface area contributed by atoms with Crippen LogP contribution >= 0.6 is 0 Å². The Morgan fingerprint density at radius 2 is 1.48 bits per heavy atom. The van der Waals surface area contributed by atoms with E-state index in [0.717, 1.165) is 25.7 Å². The second-order valence-electron chi connectivity index (χ2n) is 6.24. The first-order chi connectivity index (χ1) is 10.3. The Kier molecular flexibility index (Phi) is 7.51. The molecule has 4 nitrogen and oxygen atoms in total. The highest BCUT2D eigenvalue weighted by molar-refractivity contribution is 5.68. The van der Waals surface area contributed by atoms with E-state index in [9.17, 15) is 4.79 Å². The largest absolute Gasteiger partial charge is 0.463 e. The molecule has 0 radical (unpaired) electrons. The van der Waals surface area contributed by atoms with Gasteiger partial charge in [0.2, 0.25) is 0 Å². The number of carbonyl (C=O) groups is 1. The number of carbonyl (C=O) groups excluding carboxylic acids is 1. The molecule has 0 aromatic rings. The van der Waals surface area contributed by atoms with Crippen molar-refractivity contribution in [2.45, 2.75) is 89.4 Å². The minimum absolute atomic E-state index is 0.150. The average molecular weight is 298 g/mol. The molecule has 0 aromatic heterocycles. The summed E-state index contributed by atoms with van der Waals surface area (Å²) in [6, 6.07) is 0. The van der Waals surface area contributed by atoms with Crippen LogP contribution in [0.5, 0.6) is 0 Å². The molecule has 0 aliphatic heterocycles. The fourth-order valence-corrected chi connectivity index (χ4v) is 3.28. The third kappa shape index (κ3) is 6.35. The van der Waals surface area contributed by atoms with E-state index >= 15 is 0 Å². The molecule has 122 valence electrons. The molecule has 0 saturated heterocycles. The lowest BCUT2D eigenvalue weighted by Gasteiger charge is -2.32. The number of ether oxygens (including phenoxy) is 3. The molecular weight excluding hydrogens is 268 g/mol. The van der Waals surface area contributed by atoms with Crippen LogP contribution in [0.1, 0.15) is 71.1 Å². The van der Waals surface area contributed by atoms with Crippen molar-refractivity contribution in [1.82, 2.24) is 0 Å². The Balaban J connectivity index is 1.52. The minimum Gasteiger partial charge on any atom is -0.463 e. The lowest BCUT2D eigenvalue weighted by atomic mass is 9.93. The maximum absolute atomic E-state index is 11.0. The molecule has 0 aromatic carbocycles. The average Bonchev–Trinajstić information content (AvgIpc) is 2.54. The molecule has 0 spiro atoms. The summed E-state index contributed by atoms with van der Waals surface area (Å²) in [4.78, 5) is 11.0. The van der Waals surface area contributed by atoms with Gasteiger partial charge in [0.15, 0.2) is 0 Å². The third-order valence-electron chi connectivity index (χ3n) is 4.55. The van der Waals surface area contributed by atoms with Crippen LogP contribution in [0.4, 0.5) is 0 Å². The normalized spacial score (nSPS) is 27.5. The molecule has 0 amide bonds. The van der Waals surface area contributed by atoms with Crippen LogP contribution in [0, 0.1) is 0 Å².